The van der Waals surface area contributed by atoms with Crippen molar-refractivity contribution in [3.63, 3.8) is 0 Å². The monoisotopic (exact) mass is 470 g/mol. The zero-order valence-electron chi connectivity index (χ0n) is 19.9. The number of hydrogen-bond acceptors (Lipinski definition) is 7. The molecule has 4 rings (SSSR count). The maximum atomic E-state index is 12.4. The van der Waals surface area contributed by atoms with Crippen molar-refractivity contribution in [1.29, 1.82) is 0 Å². The van der Waals surface area contributed by atoms with Crippen LogP contribution in [0.3, 0.4) is 0 Å². The van der Waals surface area contributed by atoms with E-state index in [-0.39, 0.29) is 24.8 Å². The lowest BCUT2D eigenvalue weighted by molar-refractivity contribution is -0.135. The van der Waals surface area contributed by atoms with Crippen LogP contribution in [0.15, 0.2) is 18.2 Å². The Labute approximate surface area is 200 Å². The number of carbonyl (C=O) groups is 4. The fourth-order valence-corrected chi connectivity index (χ4v) is 5.31. The summed E-state index contributed by atoms with van der Waals surface area (Å²) in [7, 11) is 3.81. The van der Waals surface area contributed by atoms with Crippen molar-refractivity contribution < 1.29 is 19.2 Å². The largest absolute Gasteiger partial charge is 0.376 e. The molecule has 3 N–H and O–H groups in total. The number of piperidine rings is 1. The summed E-state index contributed by atoms with van der Waals surface area (Å²) in [6.07, 6.45) is 2.24. The minimum atomic E-state index is -0.701. The van der Waals surface area contributed by atoms with E-state index < -0.39 is 11.9 Å². The number of imide groups is 1. The molecule has 2 atom stereocenters. The van der Waals surface area contributed by atoms with E-state index in [2.05, 4.69) is 16.3 Å². The number of hydrogen-bond donors (Lipinski definition) is 2. The fraction of sp³-hybridized carbons (Fsp3) is 0.583. The van der Waals surface area contributed by atoms with Crippen LogP contribution in [0.4, 0.5) is 11.4 Å². The van der Waals surface area contributed by atoms with Crippen LogP contribution < -0.4 is 20.9 Å². The van der Waals surface area contributed by atoms with Gasteiger partial charge in [0.25, 0.3) is 0 Å². The van der Waals surface area contributed by atoms with Gasteiger partial charge in [0.2, 0.25) is 24.1 Å². The normalized spacial score (nSPS) is 23.4. The van der Waals surface area contributed by atoms with E-state index in [9.17, 15) is 19.2 Å². The predicted molar refractivity (Wildman–Crippen MR) is 128 cm³/mol. The maximum absolute atomic E-state index is 12.4. The Kier molecular flexibility index (Phi) is 7.18. The number of anilines is 2. The molecular weight excluding hydrogens is 436 g/mol. The lowest BCUT2D eigenvalue weighted by Crippen LogP contribution is -2.52. The molecule has 2 unspecified atom stereocenters. The van der Waals surface area contributed by atoms with Gasteiger partial charge in [-0.05, 0) is 42.4 Å². The molecule has 0 aromatic heterocycles. The van der Waals surface area contributed by atoms with Gasteiger partial charge in [0.1, 0.15) is 6.04 Å². The van der Waals surface area contributed by atoms with Gasteiger partial charge >= 0.3 is 0 Å². The molecule has 10 nitrogen and oxygen atoms in total. The highest BCUT2D eigenvalue weighted by Gasteiger charge is 2.38. The van der Waals surface area contributed by atoms with E-state index in [1.165, 1.54) is 4.90 Å². The standard InChI is InChI=1S/C24H34N6O4/c1-27(2)21-9-16(3-4-19(21)30(15-31)20-5-6-22(32)26-24(20)34)11-28-12-18(13-28)17-7-8-29(14-17)23(33)10-25/h3-4,9,15,17-18,20H,5-8,10-14,25H2,1-2H3,(H,26,32,34). The Bertz CT molecular complexity index is 961. The molecule has 3 heterocycles. The molecule has 4 amide bonds. The molecule has 0 saturated carbocycles. The molecule has 184 valence electrons. The van der Waals surface area contributed by atoms with E-state index in [4.69, 9.17) is 5.73 Å². The molecule has 0 aliphatic carbocycles. The van der Waals surface area contributed by atoms with Gasteiger partial charge in [-0.25, -0.2) is 0 Å². The molecule has 3 aliphatic heterocycles. The summed E-state index contributed by atoms with van der Waals surface area (Å²) in [4.78, 5) is 55.3. The van der Waals surface area contributed by atoms with Gasteiger partial charge in [-0.2, -0.15) is 0 Å². The molecule has 10 heteroatoms. The summed E-state index contributed by atoms with van der Waals surface area (Å²) in [5, 5.41) is 2.33. The summed E-state index contributed by atoms with van der Waals surface area (Å²) < 4.78 is 0. The van der Waals surface area contributed by atoms with Crippen LogP contribution in [0.25, 0.3) is 0 Å². The van der Waals surface area contributed by atoms with Crippen molar-refractivity contribution in [2.24, 2.45) is 17.6 Å². The topological polar surface area (TPSA) is 119 Å². The third kappa shape index (κ3) is 4.92. The highest BCUT2D eigenvalue weighted by atomic mass is 16.2. The minimum absolute atomic E-state index is 0.0386. The molecule has 3 aliphatic rings. The Morgan fingerprint density at radius 2 is 1.91 bits per heavy atom. The Hall–Kier alpha value is -2.98. The first-order chi connectivity index (χ1) is 16.3. The lowest BCUT2D eigenvalue weighted by atomic mass is 9.85. The van der Waals surface area contributed by atoms with Crippen molar-refractivity contribution in [3.05, 3.63) is 23.8 Å². The zero-order valence-corrected chi connectivity index (χ0v) is 19.9. The summed E-state index contributed by atoms with van der Waals surface area (Å²) >= 11 is 0. The van der Waals surface area contributed by atoms with Gasteiger partial charge in [-0.15, -0.1) is 0 Å². The van der Waals surface area contributed by atoms with E-state index in [1.54, 1.807) is 0 Å². The van der Waals surface area contributed by atoms with Crippen LogP contribution in [-0.2, 0) is 25.7 Å². The summed E-state index contributed by atoms with van der Waals surface area (Å²) in [6.45, 7) is 4.52. The van der Waals surface area contributed by atoms with Gasteiger partial charge in [-0.1, -0.05) is 6.07 Å². The number of nitrogens with zero attached hydrogens (tertiary/aromatic N) is 4. The Morgan fingerprint density at radius 3 is 2.56 bits per heavy atom. The first-order valence-corrected chi connectivity index (χ1v) is 11.9. The van der Waals surface area contributed by atoms with E-state index in [0.29, 0.717) is 30.4 Å². The molecule has 3 saturated heterocycles. The van der Waals surface area contributed by atoms with Crippen LogP contribution in [0.5, 0.6) is 0 Å². The van der Waals surface area contributed by atoms with Crippen LogP contribution in [0.1, 0.15) is 24.8 Å². The summed E-state index contributed by atoms with van der Waals surface area (Å²) in [5.41, 5.74) is 8.12. The molecule has 1 aromatic rings. The third-order valence-corrected chi connectivity index (χ3v) is 7.27. The summed E-state index contributed by atoms with van der Waals surface area (Å²) in [6, 6.07) is 5.23. The highest BCUT2D eigenvalue weighted by Crippen LogP contribution is 2.35. The van der Waals surface area contributed by atoms with Crippen LogP contribution in [-0.4, -0.2) is 86.8 Å². The van der Waals surface area contributed by atoms with Gasteiger partial charge in [0, 0.05) is 53.2 Å². The van der Waals surface area contributed by atoms with E-state index >= 15 is 0 Å². The maximum Gasteiger partial charge on any atom is 0.249 e. The molecule has 34 heavy (non-hydrogen) atoms. The van der Waals surface area contributed by atoms with Crippen molar-refractivity contribution in [1.82, 2.24) is 15.1 Å². The molecule has 0 radical (unpaired) electrons. The number of amides is 4. The SMILES string of the molecule is CN(C)c1cc(CN2CC(C3CCN(C(=O)CN)C3)C2)ccc1N(C=O)C1CCC(=O)NC1=O. The van der Waals surface area contributed by atoms with Crippen molar-refractivity contribution in [3.8, 4) is 0 Å². The van der Waals surface area contributed by atoms with Gasteiger partial charge < -0.3 is 20.4 Å². The average Bonchev–Trinajstić information content (AvgIpc) is 3.27. The second-order valence-electron chi connectivity index (χ2n) is 9.74. The van der Waals surface area contributed by atoms with Gasteiger partial charge in [-0.3, -0.25) is 29.4 Å². The number of nitrogens with two attached hydrogens (primary N) is 1. The molecule has 0 bridgehead atoms. The minimum Gasteiger partial charge on any atom is -0.376 e. The molecule has 0 spiro atoms. The van der Waals surface area contributed by atoms with Crippen molar-refractivity contribution >= 4 is 35.5 Å². The molecule has 1 aromatic carbocycles. The van der Waals surface area contributed by atoms with E-state index in [0.717, 1.165) is 50.4 Å². The first-order valence-electron chi connectivity index (χ1n) is 11.9. The Balaban J connectivity index is 1.40. The zero-order chi connectivity index (χ0) is 24.4. The second kappa shape index (κ2) is 10.1. The fourth-order valence-electron chi connectivity index (χ4n) is 5.31. The van der Waals surface area contributed by atoms with Crippen LogP contribution in [0, 0.1) is 11.8 Å². The van der Waals surface area contributed by atoms with Gasteiger partial charge in [0.15, 0.2) is 0 Å². The highest BCUT2D eigenvalue weighted by molar-refractivity contribution is 6.04. The van der Waals surface area contributed by atoms with Crippen molar-refractivity contribution in [2.75, 3.05) is 56.6 Å². The van der Waals surface area contributed by atoms with E-state index in [1.807, 2.05) is 36.0 Å². The number of likely N-dealkylation sites (tertiary alicyclic amines) is 2. The number of rotatable bonds is 8. The Morgan fingerprint density at radius 1 is 1.15 bits per heavy atom. The summed E-state index contributed by atoms with van der Waals surface area (Å²) in [5.74, 6) is 0.431. The molecular formula is C24H34N6O4. The van der Waals surface area contributed by atoms with Crippen LogP contribution in [0.2, 0.25) is 0 Å². The first kappa shape index (κ1) is 24.2. The second-order valence-corrected chi connectivity index (χ2v) is 9.74. The number of carbonyl (C=O) groups excluding carboxylic acids is 4. The predicted octanol–water partition coefficient (Wildman–Crippen LogP) is -0.240. The molecule has 3 fully saturated rings. The van der Waals surface area contributed by atoms with Crippen molar-refractivity contribution in [2.45, 2.75) is 31.8 Å². The number of benzene rings is 1. The van der Waals surface area contributed by atoms with Gasteiger partial charge in [0.05, 0.1) is 17.9 Å². The third-order valence-electron chi connectivity index (χ3n) is 7.27. The number of nitrogens with one attached hydrogen (secondary N) is 1. The lowest BCUT2D eigenvalue weighted by Gasteiger charge is -2.42. The van der Waals surface area contributed by atoms with Crippen LogP contribution >= 0.6 is 0 Å². The average molecular weight is 471 g/mol. The quantitative estimate of drug-likeness (QED) is 0.398. The smallest absolute Gasteiger partial charge is 0.249 e.